The Bertz CT molecular complexity index is 273. The van der Waals surface area contributed by atoms with Crippen LogP contribution in [0.4, 0.5) is 0 Å². The Hall–Kier alpha value is -0.210. The molecular formula is C9H12ClNS. The molecular weight excluding hydrogens is 190 g/mol. The van der Waals surface area contributed by atoms with Crippen LogP contribution in [0.25, 0.3) is 0 Å². The largest absolute Gasteiger partial charge is 0.261 e. The highest BCUT2D eigenvalue weighted by Gasteiger charge is 2.09. The summed E-state index contributed by atoms with van der Waals surface area (Å²) in [6.45, 7) is 4.21. The number of rotatable bonds is 2. The van der Waals surface area contributed by atoms with Gasteiger partial charge in [-0.3, -0.25) is 4.98 Å². The van der Waals surface area contributed by atoms with E-state index in [2.05, 4.69) is 31.5 Å². The monoisotopic (exact) mass is 201 g/mol. The van der Waals surface area contributed by atoms with Gasteiger partial charge in [-0.05, 0) is 12.0 Å². The maximum Gasteiger partial charge on any atom is 0.0503 e. The second kappa shape index (κ2) is 4.15. The van der Waals surface area contributed by atoms with Crippen LogP contribution in [0.3, 0.4) is 0 Å². The highest BCUT2D eigenvalue weighted by molar-refractivity contribution is 7.80. The summed E-state index contributed by atoms with van der Waals surface area (Å²) in [7, 11) is 0. The van der Waals surface area contributed by atoms with E-state index in [4.69, 9.17) is 11.6 Å². The van der Waals surface area contributed by atoms with Gasteiger partial charge < -0.3 is 0 Å². The van der Waals surface area contributed by atoms with Crippen molar-refractivity contribution < 1.29 is 0 Å². The Kier molecular flexibility index (Phi) is 3.41. The van der Waals surface area contributed by atoms with Gasteiger partial charge in [0.05, 0.1) is 5.88 Å². The molecule has 12 heavy (non-hydrogen) atoms. The Balaban J connectivity index is 3.18. The van der Waals surface area contributed by atoms with E-state index >= 15 is 0 Å². The highest BCUT2D eigenvalue weighted by Crippen LogP contribution is 2.23. The molecule has 0 radical (unpaired) electrons. The Morgan fingerprint density at radius 3 is 2.67 bits per heavy atom. The average Bonchev–Trinajstić information content (AvgIpc) is 2.03. The molecule has 0 aromatic carbocycles. The molecule has 0 spiro atoms. The van der Waals surface area contributed by atoms with Crippen molar-refractivity contribution in [3.8, 4) is 0 Å². The van der Waals surface area contributed by atoms with Gasteiger partial charge in [0.2, 0.25) is 0 Å². The van der Waals surface area contributed by atoms with Crippen LogP contribution in [0, 0.1) is 0 Å². The molecule has 66 valence electrons. The molecule has 0 amide bonds. The molecule has 0 fully saturated rings. The van der Waals surface area contributed by atoms with Gasteiger partial charge in [0.25, 0.3) is 0 Å². The first-order chi connectivity index (χ1) is 5.66. The van der Waals surface area contributed by atoms with Gasteiger partial charge in [-0.1, -0.05) is 13.8 Å². The van der Waals surface area contributed by atoms with Crippen LogP contribution < -0.4 is 0 Å². The highest BCUT2D eigenvalue weighted by atomic mass is 35.5. The summed E-state index contributed by atoms with van der Waals surface area (Å²) in [6, 6.07) is 1.87. The van der Waals surface area contributed by atoms with E-state index in [-0.39, 0.29) is 0 Å². The molecule has 0 bridgehead atoms. The van der Waals surface area contributed by atoms with Crippen molar-refractivity contribution in [3.63, 3.8) is 0 Å². The van der Waals surface area contributed by atoms with E-state index in [0.29, 0.717) is 11.8 Å². The predicted octanol–water partition coefficient (Wildman–Crippen LogP) is 3.23. The van der Waals surface area contributed by atoms with E-state index in [1.807, 2.05) is 6.07 Å². The van der Waals surface area contributed by atoms with Crippen LogP contribution >= 0.6 is 24.2 Å². The molecule has 0 aliphatic heterocycles. The molecule has 1 heterocycles. The molecule has 1 aromatic rings. The number of aromatic nitrogens is 1. The number of nitrogens with zero attached hydrogens (tertiary/aromatic N) is 1. The van der Waals surface area contributed by atoms with Gasteiger partial charge in [-0.2, -0.15) is 0 Å². The van der Waals surface area contributed by atoms with Crippen molar-refractivity contribution in [2.75, 3.05) is 0 Å². The third-order valence-electron chi connectivity index (χ3n) is 1.74. The molecule has 0 saturated heterocycles. The molecule has 0 unspecified atom stereocenters. The smallest absolute Gasteiger partial charge is 0.0503 e. The maximum atomic E-state index is 5.79. The second-order valence-electron chi connectivity index (χ2n) is 2.98. The summed E-state index contributed by atoms with van der Waals surface area (Å²) in [5.74, 6) is 0.894. The van der Waals surface area contributed by atoms with E-state index in [9.17, 15) is 0 Å². The van der Waals surface area contributed by atoms with Crippen molar-refractivity contribution in [1.82, 2.24) is 4.98 Å². The van der Waals surface area contributed by atoms with Crippen LogP contribution in [-0.2, 0) is 5.88 Å². The van der Waals surface area contributed by atoms with Crippen molar-refractivity contribution >= 4 is 24.2 Å². The van der Waals surface area contributed by atoms with Crippen LogP contribution in [0.1, 0.15) is 31.0 Å². The Labute approximate surface area is 83.6 Å². The van der Waals surface area contributed by atoms with Gasteiger partial charge in [0.15, 0.2) is 0 Å². The zero-order chi connectivity index (χ0) is 9.14. The fraction of sp³-hybridized carbons (Fsp3) is 0.444. The fourth-order valence-corrected chi connectivity index (χ4v) is 1.77. The molecule has 1 nitrogen and oxygen atoms in total. The van der Waals surface area contributed by atoms with Gasteiger partial charge in [-0.25, -0.2) is 0 Å². The average molecular weight is 202 g/mol. The molecule has 1 aromatic heterocycles. The van der Waals surface area contributed by atoms with Crippen LogP contribution in [0.5, 0.6) is 0 Å². The zero-order valence-electron chi connectivity index (χ0n) is 7.21. The number of hydrogen-bond donors (Lipinski definition) is 1. The minimum Gasteiger partial charge on any atom is -0.261 e. The molecule has 0 aliphatic rings. The fourth-order valence-electron chi connectivity index (χ4n) is 1.13. The first kappa shape index (κ1) is 9.87. The Morgan fingerprint density at radius 1 is 1.58 bits per heavy atom. The van der Waals surface area contributed by atoms with E-state index < -0.39 is 0 Å². The third-order valence-corrected chi connectivity index (χ3v) is 2.43. The van der Waals surface area contributed by atoms with Crippen molar-refractivity contribution in [3.05, 3.63) is 23.5 Å². The Morgan fingerprint density at radius 2 is 2.25 bits per heavy atom. The number of halogens is 1. The summed E-state index contributed by atoms with van der Waals surface area (Å²) >= 11 is 10.1. The lowest BCUT2D eigenvalue weighted by Gasteiger charge is -2.10. The van der Waals surface area contributed by atoms with E-state index in [1.165, 1.54) is 0 Å². The lowest BCUT2D eigenvalue weighted by atomic mass is 10.1. The van der Waals surface area contributed by atoms with Gasteiger partial charge >= 0.3 is 0 Å². The van der Waals surface area contributed by atoms with Crippen molar-refractivity contribution in [1.29, 1.82) is 0 Å². The minimum absolute atomic E-state index is 0.408. The van der Waals surface area contributed by atoms with E-state index in [1.54, 1.807) is 6.20 Å². The summed E-state index contributed by atoms with van der Waals surface area (Å²) < 4.78 is 0. The standard InChI is InChI=1S/C9H12ClNS/c1-6(2)9-7(5-10)8(12)3-4-11-9/h3-4,6H,5H2,1-2H3,(H,11,12). The van der Waals surface area contributed by atoms with Crippen LogP contribution in [0.2, 0.25) is 0 Å². The van der Waals surface area contributed by atoms with Gasteiger partial charge in [0, 0.05) is 22.3 Å². The van der Waals surface area contributed by atoms with Crippen LogP contribution in [-0.4, -0.2) is 4.98 Å². The quantitative estimate of drug-likeness (QED) is 0.573. The lowest BCUT2D eigenvalue weighted by Crippen LogP contribution is -1.98. The zero-order valence-corrected chi connectivity index (χ0v) is 8.86. The summed E-state index contributed by atoms with van der Waals surface area (Å²) in [5.41, 5.74) is 2.11. The number of hydrogen-bond acceptors (Lipinski definition) is 2. The summed E-state index contributed by atoms with van der Waals surface area (Å²) in [4.78, 5) is 5.21. The van der Waals surface area contributed by atoms with Crippen LogP contribution in [0.15, 0.2) is 17.2 Å². The van der Waals surface area contributed by atoms with Gasteiger partial charge in [0.1, 0.15) is 0 Å². The number of thiol groups is 1. The molecule has 0 saturated carbocycles. The molecule has 0 aliphatic carbocycles. The second-order valence-corrected chi connectivity index (χ2v) is 3.73. The molecule has 3 heteroatoms. The van der Waals surface area contributed by atoms with Gasteiger partial charge in [-0.15, -0.1) is 24.2 Å². The lowest BCUT2D eigenvalue weighted by molar-refractivity contribution is 0.800. The number of pyridine rings is 1. The van der Waals surface area contributed by atoms with Crippen molar-refractivity contribution in [2.24, 2.45) is 0 Å². The number of alkyl halides is 1. The first-order valence-electron chi connectivity index (χ1n) is 3.89. The summed E-state index contributed by atoms with van der Waals surface area (Å²) in [6.07, 6.45) is 1.77. The van der Waals surface area contributed by atoms with E-state index in [0.717, 1.165) is 16.2 Å². The topological polar surface area (TPSA) is 12.9 Å². The summed E-state index contributed by atoms with van der Waals surface area (Å²) in [5, 5.41) is 0. The maximum absolute atomic E-state index is 5.79. The SMILES string of the molecule is CC(C)c1nccc(S)c1CCl. The minimum atomic E-state index is 0.408. The molecule has 0 N–H and O–H groups in total. The third kappa shape index (κ3) is 1.93. The molecule has 1 rings (SSSR count). The van der Waals surface area contributed by atoms with Crippen molar-refractivity contribution in [2.45, 2.75) is 30.5 Å². The normalized spacial score (nSPS) is 10.8. The molecule has 0 atom stereocenters. The predicted molar refractivity (Wildman–Crippen MR) is 55.1 cm³/mol. The first-order valence-corrected chi connectivity index (χ1v) is 4.87.